The fourth-order valence-corrected chi connectivity index (χ4v) is 10.2. The van der Waals surface area contributed by atoms with Gasteiger partial charge in [0.1, 0.15) is 36.6 Å². The molecule has 1 heterocycles. The second-order valence-electron chi connectivity index (χ2n) is 22.5. The number of aliphatic hydroxyl groups is 7. The average molecular weight is 1060 g/mol. The number of unbranched alkanes of at least 4 members (excludes halogenated alkanes) is 37. The molecule has 8 N–H and O–H groups in total. The number of carbonyl (C=O) groups excluding carboxylic acids is 1. The van der Waals surface area contributed by atoms with E-state index in [1.165, 1.54) is 193 Å². The molecule has 0 radical (unpaired) electrons. The molecule has 11 nitrogen and oxygen atoms in total. The topological polar surface area (TPSA) is 189 Å². The molecule has 0 bridgehead atoms. The van der Waals surface area contributed by atoms with Crippen LogP contribution in [0.15, 0.2) is 36.5 Å². The average Bonchev–Trinajstić information content (AvgIpc) is 3.41. The van der Waals surface area contributed by atoms with Crippen molar-refractivity contribution in [2.75, 3.05) is 13.2 Å². The van der Waals surface area contributed by atoms with Crippen molar-refractivity contribution in [1.82, 2.24) is 5.32 Å². The monoisotopic (exact) mass is 1060 g/mol. The molecule has 9 unspecified atom stereocenters. The maximum atomic E-state index is 13.2. The number of rotatable bonds is 55. The molecule has 1 fully saturated rings. The number of hydrogen-bond donors (Lipinski definition) is 8. The van der Waals surface area contributed by atoms with Crippen LogP contribution in [0.5, 0.6) is 0 Å². The standard InChI is InChI=1S/C64H121NO10/c1-3-5-7-9-11-13-15-17-19-21-23-24-25-26-27-28-29-30-31-32-33-34-36-37-39-41-43-45-47-49-51-56(67)59(69)55(54-74-64-62(72)61(71)60(70)58(53-66)75-64)65-63(73)57(68)52-50-48-46-44-42-40-38-35-22-20-18-16-14-12-10-8-6-4-2/h22,35-37,43,45,55-62,64,66-72H,3-21,23-34,38-42,44,46-54H2,1-2H3,(H,65,73)/b35-22-,37-36+,45-43+. The van der Waals surface area contributed by atoms with Gasteiger partial charge in [-0.2, -0.15) is 0 Å². The highest BCUT2D eigenvalue weighted by molar-refractivity contribution is 5.80. The summed E-state index contributed by atoms with van der Waals surface area (Å²) in [5.74, 6) is -0.713. The summed E-state index contributed by atoms with van der Waals surface area (Å²) in [7, 11) is 0. The largest absolute Gasteiger partial charge is 0.394 e. The van der Waals surface area contributed by atoms with Gasteiger partial charge in [0, 0.05) is 0 Å². The van der Waals surface area contributed by atoms with E-state index in [-0.39, 0.29) is 12.8 Å². The fraction of sp³-hybridized carbons (Fsp3) is 0.891. The van der Waals surface area contributed by atoms with E-state index in [0.29, 0.717) is 19.3 Å². The Morgan fingerprint density at radius 3 is 1.19 bits per heavy atom. The Morgan fingerprint density at radius 1 is 0.453 bits per heavy atom. The third-order valence-corrected chi connectivity index (χ3v) is 15.4. The van der Waals surface area contributed by atoms with Crippen molar-refractivity contribution in [3.63, 3.8) is 0 Å². The van der Waals surface area contributed by atoms with Crippen molar-refractivity contribution in [3.8, 4) is 0 Å². The molecule has 11 heteroatoms. The summed E-state index contributed by atoms with van der Waals surface area (Å²) in [6.07, 6.45) is 55.1. The lowest BCUT2D eigenvalue weighted by atomic mass is 9.98. The summed E-state index contributed by atoms with van der Waals surface area (Å²) >= 11 is 0. The Morgan fingerprint density at radius 2 is 0.800 bits per heavy atom. The minimum absolute atomic E-state index is 0.244. The molecule has 0 spiro atoms. The van der Waals surface area contributed by atoms with Gasteiger partial charge in [-0.25, -0.2) is 0 Å². The number of aliphatic hydroxyl groups excluding tert-OH is 7. The molecule has 0 aromatic heterocycles. The van der Waals surface area contributed by atoms with Crippen LogP contribution in [0.25, 0.3) is 0 Å². The molecule has 0 aliphatic carbocycles. The van der Waals surface area contributed by atoms with E-state index in [9.17, 15) is 40.5 Å². The smallest absolute Gasteiger partial charge is 0.249 e. The number of hydrogen-bond acceptors (Lipinski definition) is 10. The summed E-state index contributed by atoms with van der Waals surface area (Å²) in [6, 6.07) is -1.19. The van der Waals surface area contributed by atoms with Crippen molar-refractivity contribution in [1.29, 1.82) is 0 Å². The van der Waals surface area contributed by atoms with E-state index in [0.717, 1.165) is 57.8 Å². The van der Waals surface area contributed by atoms with Crippen LogP contribution in [0.3, 0.4) is 0 Å². The van der Waals surface area contributed by atoms with Crippen molar-refractivity contribution < 1.29 is 50.0 Å². The molecule has 75 heavy (non-hydrogen) atoms. The van der Waals surface area contributed by atoms with Gasteiger partial charge in [-0.3, -0.25) is 4.79 Å². The van der Waals surface area contributed by atoms with Crippen molar-refractivity contribution in [2.45, 2.75) is 351 Å². The van der Waals surface area contributed by atoms with Crippen LogP contribution in [-0.4, -0.2) is 110 Å². The van der Waals surface area contributed by atoms with E-state index < -0.39 is 74.2 Å². The predicted octanol–water partition coefficient (Wildman–Crippen LogP) is 14.2. The quantitative estimate of drug-likeness (QED) is 0.0215. The van der Waals surface area contributed by atoms with Crippen molar-refractivity contribution in [3.05, 3.63) is 36.5 Å². The number of amides is 1. The highest BCUT2D eigenvalue weighted by atomic mass is 16.7. The minimum Gasteiger partial charge on any atom is -0.394 e. The summed E-state index contributed by atoms with van der Waals surface area (Å²) in [5.41, 5.74) is 0. The van der Waals surface area contributed by atoms with Crippen LogP contribution in [0, 0.1) is 0 Å². The first-order chi connectivity index (χ1) is 36.7. The van der Waals surface area contributed by atoms with Crippen LogP contribution in [0.1, 0.15) is 296 Å². The van der Waals surface area contributed by atoms with Crippen LogP contribution < -0.4 is 5.32 Å². The molecule has 1 amide bonds. The van der Waals surface area contributed by atoms with Crippen molar-refractivity contribution >= 4 is 5.91 Å². The second kappa shape index (κ2) is 53.0. The Balaban J connectivity index is 2.27. The van der Waals surface area contributed by atoms with Gasteiger partial charge in [-0.05, 0) is 77.0 Å². The van der Waals surface area contributed by atoms with Gasteiger partial charge in [0.2, 0.25) is 5.91 Å². The van der Waals surface area contributed by atoms with Gasteiger partial charge in [-0.15, -0.1) is 0 Å². The fourth-order valence-electron chi connectivity index (χ4n) is 10.2. The first-order valence-electron chi connectivity index (χ1n) is 31.9. The molecule has 0 saturated carbocycles. The summed E-state index contributed by atoms with van der Waals surface area (Å²) in [4.78, 5) is 13.2. The molecule has 1 rings (SSSR count). The van der Waals surface area contributed by atoms with Crippen LogP contribution >= 0.6 is 0 Å². The van der Waals surface area contributed by atoms with Gasteiger partial charge in [0.15, 0.2) is 6.29 Å². The lowest BCUT2D eigenvalue weighted by Gasteiger charge is -2.40. The first-order valence-corrected chi connectivity index (χ1v) is 31.9. The van der Waals surface area contributed by atoms with Crippen molar-refractivity contribution in [2.24, 2.45) is 0 Å². The summed E-state index contributed by atoms with van der Waals surface area (Å²) in [6.45, 7) is 3.46. The SMILES string of the molecule is CCCCCCCCCC/C=C\CCCCCCCCC(O)C(=O)NC(COC1OC(CO)C(O)C(O)C1O)C(O)C(O)CCC/C=C/CC/C=C/CCCCCCCCCCCCCCCCCCCCCCC. The van der Waals surface area contributed by atoms with Gasteiger partial charge < -0.3 is 50.5 Å². The van der Waals surface area contributed by atoms with E-state index in [1.807, 2.05) is 0 Å². The normalized spacial score (nSPS) is 19.9. The van der Waals surface area contributed by atoms with Gasteiger partial charge in [-0.1, -0.05) is 256 Å². The Kier molecular flexibility index (Phi) is 50.4. The molecule has 9 atom stereocenters. The lowest BCUT2D eigenvalue weighted by molar-refractivity contribution is -0.303. The zero-order chi connectivity index (χ0) is 54.7. The minimum atomic E-state index is -1.67. The maximum absolute atomic E-state index is 13.2. The number of allylic oxidation sites excluding steroid dienone is 6. The summed E-state index contributed by atoms with van der Waals surface area (Å²) < 4.78 is 11.1. The van der Waals surface area contributed by atoms with Crippen LogP contribution in [0.4, 0.5) is 0 Å². The van der Waals surface area contributed by atoms with E-state index >= 15 is 0 Å². The van der Waals surface area contributed by atoms with E-state index in [1.54, 1.807) is 0 Å². The Hall–Kier alpha value is -1.67. The maximum Gasteiger partial charge on any atom is 0.249 e. The highest BCUT2D eigenvalue weighted by Gasteiger charge is 2.44. The molecular weight excluding hydrogens is 943 g/mol. The van der Waals surface area contributed by atoms with E-state index in [4.69, 9.17) is 9.47 Å². The molecule has 1 saturated heterocycles. The zero-order valence-electron chi connectivity index (χ0n) is 48.5. The molecule has 1 aliphatic rings. The van der Waals surface area contributed by atoms with Crippen LogP contribution in [0.2, 0.25) is 0 Å². The second-order valence-corrected chi connectivity index (χ2v) is 22.5. The third-order valence-electron chi connectivity index (χ3n) is 15.4. The Bertz CT molecular complexity index is 1310. The lowest BCUT2D eigenvalue weighted by Crippen LogP contribution is -2.60. The zero-order valence-corrected chi connectivity index (χ0v) is 48.5. The van der Waals surface area contributed by atoms with Crippen LogP contribution in [-0.2, 0) is 14.3 Å². The molecule has 0 aromatic rings. The number of carbonyl (C=O) groups is 1. The Labute approximate surface area is 460 Å². The summed E-state index contributed by atoms with van der Waals surface area (Å²) in [5, 5.41) is 76.2. The first kappa shape index (κ1) is 71.3. The van der Waals surface area contributed by atoms with Gasteiger partial charge in [0.05, 0.1) is 25.4 Å². The predicted molar refractivity (Wildman–Crippen MR) is 312 cm³/mol. The van der Waals surface area contributed by atoms with E-state index in [2.05, 4.69) is 55.6 Å². The third kappa shape index (κ3) is 41.1. The molecule has 1 aliphatic heterocycles. The number of ether oxygens (including phenoxy) is 2. The molecule has 0 aromatic carbocycles. The molecule has 442 valence electrons. The van der Waals surface area contributed by atoms with Gasteiger partial charge >= 0.3 is 0 Å². The van der Waals surface area contributed by atoms with Gasteiger partial charge in [0.25, 0.3) is 0 Å². The highest BCUT2D eigenvalue weighted by Crippen LogP contribution is 2.23. The number of nitrogens with one attached hydrogen (secondary N) is 1. The molecular formula is C64H121NO10.